The lowest BCUT2D eigenvalue weighted by molar-refractivity contribution is -0.158. The summed E-state index contributed by atoms with van der Waals surface area (Å²) in [6.07, 6.45) is 3.62. The summed E-state index contributed by atoms with van der Waals surface area (Å²) >= 11 is 0. The minimum Gasteiger partial charge on any atom is -0.479 e. The van der Waals surface area contributed by atoms with E-state index in [-0.39, 0.29) is 10.5 Å². The molecule has 0 radical (unpaired) electrons. The highest BCUT2D eigenvalue weighted by atomic mass is 33.1. The summed E-state index contributed by atoms with van der Waals surface area (Å²) in [6.45, 7) is 0. The van der Waals surface area contributed by atoms with E-state index in [0.717, 1.165) is 37.2 Å². The van der Waals surface area contributed by atoms with E-state index in [4.69, 9.17) is 0 Å². The van der Waals surface area contributed by atoms with Gasteiger partial charge in [0, 0.05) is 11.5 Å². The first-order valence-electron chi connectivity index (χ1n) is 5.68. The fourth-order valence-corrected chi connectivity index (χ4v) is 8.33. The zero-order chi connectivity index (χ0) is 12.3. The van der Waals surface area contributed by atoms with Crippen molar-refractivity contribution in [3.63, 3.8) is 0 Å². The third-order valence-corrected chi connectivity index (χ3v) is 9.13. The molecule has 98 valence electrons. The molecule has 2 atom stereocenters. The zero-order valence-corrected chi connectivity index (χ0v) is 12.6. The average molecular weight is 313 g/mol. The lowest BCUT2D eigenvalue weighted by Gasteiger charge is -2.40. The SMILES string of the molecule is O=C(O)C(O)(C1CCCSS1)C1CCCSS1. The molecule has 2 saturated heterocycles. The zero-order valence-electron chi connectivity index (χ0n) is 9.33. The Hall–Kier alpha value is 0.830. The summed E-state index contributed by atoms with van der Waals surface area (Å²) < 4.78 is 0. The molecule has 0 saturated carbocycles. The monoisotopic (exact) mass is 312 g/mol. The number of carbonyl (C=O) groups is 1. The Kier molecular flexibility index (Phi) is 5.30. The summed E-state index contributed by atoms with van der Waals surface area (Å²) in [5.41, 5.74) is -1.56. The summed E-state index contributed by atoms with van der Waals surface area (Å²) in [5.74, 6) is 1.07. The molecule has 3 nitrogen and oxygen atoms in total. The van der Waals surface area contributed by atoms with Crippen LogP contribution in [0, 0.1) is 0 Å². The van der Waals surface area contributed by atoms with Gasteiger partial charge in [-0.1, -0.05) is 43.2 Å². The molecular formula is C10H16O3S4. The van der Waals surface area contributed by atoms with E-state index in [0.29, 0.717) is 0 Å². The van der Waals surface area contributed by atoms with E-state index in [2.05, 4.69) is 0 Å². The van der Waals surface area contributed by atoms with Crippen molar-refractivity contribution in [1.29, 1.82) is 0 Å². The Morgan fingerprint density at radius 2 is 1.53 bits per heavy atom. The van der Waals surface area contributed by atoms with E-state index < -0.39 is 11.6 Å². The molecule has 17 heavy (non-hydrogen) atoms. The van der Waals surface area contributed by atoms with E-state index in [1.165, 1.54) is 0 Å². The first kappa shape index (κ1) is 14.2. The highest BCUT2D eigenvalue weighted by molar-refractivity contribution is 8.77. The van der Waals surface area contributed by atoms with Crippen LogP contribution in [0.3, 0.4) is 0 Å². The number of carboxylic acids is 1. The average Bonchev–Trinajstić information content (AvgIpc) is 2.39. The molecule has 0 aliphatic carbocycles. The summed E-state index contributed by atoms with van der Waals surface area (Å²) in [7, 11) is 6.49. The first-order valence-corrected chi connectivity index (χ1v) is 10.4. The third-order valence-electron chi connectivity index (χ3n) is 3.08. The number of hydrogen-bond acceptors (Lipinski definition) is 6. The molecule has 2 unspecified atom stereocenters. The Morgan fingerprint density at radius 1 is 1.06 bits per heavy atom. The van der Waals surface area contributed by atoms with Gasteiger partial charge in [0.05, 0.1) is 10.5 Å². The van der Waals surface area contributed by atoms with Crippen LogP contribution >= 0.6 is 43.2 Å². The van der Waals surface area contributed by atoms with Crippen LogP contribution in [0.15, 0.2) is 0 Å². The van der Waals surface area contributed by atoms with Crippen molar-refractivity contribution in [3.05, 3.63) is 0 Å². The first-order chi connectivity index (χ1) is 8.15. The van der Waals surface area contributed by atoms with Crippen molar-refractivity contribution >= 4 is 49.1 Å². The molecule has 0 amide bonds. The second-order valence-electron chi connectivity index (χ2n) is 4.23. The van der Waals surface area contributed by atoms with Gasteiger partial charge in [-0.2, -0.15) is 0 Å². The highest BCUT2D eigenvalue weighted by Gasteiger charge is 2.52. The van der Waals surface area contributed by atoms with E-state index in [9.17, 15) is 15.0 Å². The molecule has 0 aromatic rings. The minimum atomic E-state index is -1.56. The van der Waals surface area contributed by atoms with E-state index in [1.54, 1.807) is 43.2 Å². The fourth-order valence-electron chi connectivity index (χ4n) is 2.08. The third kappa shape index (κ3) is 3.05. The van der Waals surface area contributed by atoms with E-state index in [1.807, 2.05) is 0 Å². The van der Waals surface area contributed by atoms with Crippen LogP contribution in [0.2, 0.25) is 0 Å². The van der Waals surface area contributed by atoms with Crippen molar-refractivity contribution in [2.75, 3.05) is 11.5 Å². The fraction of sp³-hybridized carbons (Fsp3) is 0.900. The minimum absolute atomic E-state index is 0.171. The number of rotatable bonds is 3. The second-order valence-corrected chi connectivity index (χ2v) is 9.61. The van der Waals surface area contributed by atoms with Crippen molar-refractivity contribution < 1.29 is 15.0 Å². The number of hydrogen-bond donors (Lipinski definition) is 2. The van der Waals surface area contributed by atoms with Gasteiger partial charge in [0.15, 0.2) is 5.60 Å². The lowest BCUT2D eigenvalue weighted by Crippen LogP contribution is -2.56. The molecule has 0 aromatic heterocycles. The van der Waals surface area contributed by atoms with Crippen molar-refractivity contribution in [2.45, 2.75) is 41.8 Å². The van der Waals surface area contributed by atoms with Gasteiger partial charge in [-0.15, -0.1) is 0 Å². The van der Waals surface area contributed by atoms with Crippen LogP contribution in [0.25, 0.3) is 0 Å². The predicted molar refractivity (Wildman–Crippen MR) is 78.7 cm³/mol. The predicted octanol–water partition coefficient (Wildman–Crippen LogP) is 2.89. The van der Waals surface area contributed by atoms with Gasteiger partial charge < -0.3 is 10.2 Å². The largest absolute Gasteiger partial charge is 0.479 e. The van der Waals surface area contributed by atoms with Gasteiger partial charge in [-0.05, 0) is 25.7 Å². The number of aliphatic hydroxyl groups is 1. The Labute approximate surface area is 117 Å². The summed E-state index contributed by atoms with van der Waals surface area (Å²) in [5, 5.41) is 19.8. The van der Waals surface area contributed by atoms with E-state index >= 15 is 0 Å². The van der Waals surface area contributed by atoms with Crippen LogP contribution in [-0.2, 0) is 4.79 Å². The van der Waals surface area contributed by atoms with Crippen molar-refractivity contribution in [1.82, 2.24) is 0 Å². The molecule has 0 spiro atoms. The van der Waals surface area contributed by atoms with Crippen molar-refractivity contribution in [2.24, 2.45) is 0 Å². The molecule has 0 bridgehead atoms. The van der Waals surface area contributed by atoms with Crippen LogP contribution in [0.1, 0.15) is 25.7 Å². The van der Waals surface area contributed by atoms with Crippen LogP contribution in [-0.4, -0.2) is 43.8 Å². The van der Waals surface area contributed by atoms with Gasteiger partial charge in [0.1, 0.15) is 0 Å². The molecule has 0 aromatic carbocycles. The maximum absolute atomic E-state index is 11.5. The summed E-state index contributed by atoms with van der Waals surface area (Å²) in [4.78, 5) is 11.5. The molecule has 2 N–H and O–H groups in total. The lowest BCUT2D eigenvalue weighted by atomic mass is 9.89. The molecule has 7 heteroatoms. The van der Waals surface area contributed by atoms with Gasteiger partial charge in [-0.3, -0.25) is 0 Å². The Balaban J connectivity index is 2.14. The topological polar surface area (TPSA) is 57.5 Å². The standard InChI is InChI=1S/C10H16O3S4/c11-9(12)10(13,7-3-1-5-14-16-7)8-4-2-6-15-17-8/h7-8,13H,1-6H2,(H,11,12). The van der Waals surface area contributed by atoms with Gasteiger partial charge in [0.2, 0.25) is 0 Å². The normalized spacial score (nSPS) is 33.9. The maximum atomic E-state index is 11.5. The van der Waals surface area contributed by atoms with Gasteiger partial charge in [-0.25, -0.2) is 4.79 Å². The molecule has 2 heterocycles. The molecule has 2 fully saturated rings. The maximum Gasteiger partial charge on any atom is 0.338 e. The van der Waals surface area contributed by atoms with Crippen molar-refractivity contribution in [3.8, 4) is 0 Å². The van der Waals surface area contributed by atoms with Crippen LogP contribution in [0.5, 0.6) is 0 Å². The number of aliphatic carboxylic acids is 1. The smallest absolute Gasteiger partial charge is 0.338 e. The van der Waals surface area contributed by atoms with Gasteiger partial charge >= 0.3 is 5.97 Å². The molecule has 2 aliphatic heterocycles. The Bertz CT molecular complexity index is 257. The molecular weight excluding hydrogens is 296 g/mol. The Morgan fingerprint density at radius 3 is 1.82 bits per heavy atom. The van der Waals surface area contributed by atoms with Gasteiger partial charge in [0.25, 0.3) is 0 Å². The molecule has 2 rings (SSSR count). The van der Waals surface area contributed by atoms with Crippen LogP contribution < -0.4 is 0 Å². The second kappa shape index (κ2) is 6.32. The molecule has 2 aliphatic rings. The number of carboxylic acid groups (broad SMARTS) is 1. The van der Waals surface area contributed by atoms with Crippen LogP contribution in [0.4, 0.5) is 0 Å². The highest BCUT2D eigenvalue weighted by Crippen LogP contribution is 2.49. The quantitative estimate of drug-likeness (QED) is 0.777. The summed E-state index contributed by atoms with van der Waals surface area (Å²) in [6, 6.07) is 0.